The highest BCUT2D eigenvalue weighted by molar-refractivity contribution is 6.30. The third-order valence-corrected chi connectivity index (χ3v) is 4.81. The fourth-order valence-corrected chi connectivity index (χ4v) is 3.32. The number of nitrogens with one attached hydrogen (secondary N) is 2. The van der Waals surface area contributed by atoms with E-state index in [4.69, 9.17) is 29.0 Å². The Hall–Kier alpha value is -2.01. The predicted molar refractivity (Wildman–Crippen MR) is 98.2 cm³/mol. The highest BCUT2D eigenvalue weighted by atomic mass is 35.5. The number of hydrogen-bond donors (Lipinski definition) is 3. The van der Waals surface area contributed by atoms with Crippen LogP contribution in [0, 0.1) is 6.92 Å². The molecule has 1 heterocycles. The number of H-pyrrole nitrogens is 1. The zero-order chi connectivity index (χ0) is 17.3. The van der Waals surface area contributed by atoms with Crippen molar-refractivity contribution < 1.29 is 4.79 Å². The molecule has 1 amide bonds. The number of aromatic amines is 1. The summed E-state index contributed by atoms with van der Waals surface area (Å²) in [4.78, 5) is 14.9. The molecule has 1 unspecified atom stereocenters. The SMILES string of the molecule is Cc1[nH]c2ccc(C(Cl)c3cccc(Cl)c3)cc2c1CC(=O)NN. The minimum Gasteiger partial charge on any atom is -0.358 e. The molecule has 0 aliphatic carbocycles. The van der Waals surface area contributed by atoms with Gasteiger partial charge in [0.2, 0.25) is 5.91 Å². The lowest BCUT2D eigenvalue weighted by Crippen LogP contribution is -2.31. The monoisotopic (exact) mass is 361 g/mol. The minimum atomic E-state index is -0.320. The minimum absolute atomic E-state index is 0.218. The molecule has 0 aliphatic heterocycles. The van der Waals surface area contributed by atoms with Crippen LogP contribution in [0.5, 0.6) is 0 Å². The van der Waals surface area contributed by atoms with Crippen LogP contribution in [0.1, 0.15) is 27.8 Å². The van der Waals surface area contributed by atoms with Crippen LogP contribution >= 0.6 is 23.2 Å². The number of nitrogens with two attached hydrogens (primary N) is 1. The molecular weight excluding hydrogens is 345 g/mol. The Morgan fingerprint density at radius 1 is 1.25 bits per heavy atom. The van der Waals surface area contributed by atoms with E-state index in [0.29, 0.717) is 5.02 Å². The number of halogens is 2. The third-order valence-electron chi connectivity index (χ3n) is 4.08. The second kappa shape index (κ2) is 6.85. The summed E-state index contributed by atoms with van der Waals surface area (Å²) in [6, 6.07) is 13.5. The molecule has 0 radical (unpaired) electrons. The predicted octanol–water partition coefficient (Wildman–Crippen LogP) is 3.99. The second-order valence-electron chi connectivity index (χ2n) is 5.70. The molecule has 2 aromatic carbocycles. The molecule has 1 aromatic heterocycles. The number of benzene rings is 2. The van der Waals surface area contributed by atoms with Crippen LogP contribution in [0.25, 0.3) is 10.9 Å². The average Bonchev–Trinajstić information content (AvgIpc) is 2.89. The van der Waals surface area contributed by atoms with Gasteiger partial charge in [0.15, 0.2) is 0 Å². The van der Waals surface area contributed by atoms with Crippen LogP contribution in [0.3, 0.4) is 0 Å². The number of aryl methyl sites for hydroxylation is 1. The van der Waals surface area contributed by atoms with Gasteiger partial charge in [-0.3, -0.25) is 10.2 Å². The van der Waals surface area contributed by atoms with Crippen LogP contribution in [-0.4, -0.2) is 10.9 Å². The van der Waals surface area contributed by atoms with Crippen molar-refractivity contribution in [3.05, 3.63) is 69.9 Å². The lowest BCUT2D eigenvalue weighted by molar-refractivity contribution is -0.120. The number of carbonyl (C=O) groups is 1. The molecular formula is C18H17Cl2N3O. The van der Waals surface area contributed by atoms with Crippen molar-refractivity contribution in [2.75, 3.05) is 0 Å². The summed E-state index contributed by atoms with van der Waals surface area (Å²) in [6.45, 7) is 1.94. The van der Waals surface area contributed by atoms with Crippen LogP contribution in [0.4, 0.5) is 0 Å². The lowest BCUT2D eigenvalue weighted by atomic mass is 10.0. The van der Waals surface area contributed by atoms with Crippen molar-refractivity contribution in [1.82, 2.24) is 10.4 Å². The maximum absolute atomic E-state index is 11.7. The summed E-state index contributed by atoms with van der Waals surface area (Å²) < 4.78 is 0. The molecule has 0 fully saturated rings. The first-order valence-electron chi connectivity index (χ1n) is 7.49. The number of alkyl halides is 1. The summed E-state index contributed by atoms with van der Waals surface area (Å²) in [5.74, 6) is 4.97. The maximum Gasteiger partial charge on any atom is 0.238 e. The summed E-state index contributed by atoms with van der Waals surface area (Å²) in [7, 11) is 0. The molecule has 3 rings (SSSR count). The van der Waals surface area contributed by atoms with Gasteiger partial charge in [-0.2, -0.15) is 0 Å². The zero-order valence-electron chi connectivity index (χ0n) is 13.1. The van der Waals surface area contributed by atoms with Gasteiger partial charge in [-0.15, -0.1) is 11.6 Å². The number of carbonyl (C=O) groups excluding carboxylic acids is 1. The van der Waals surface area contributed by atoms with E-state index in [9.17, 15) is 4.79 Å². The summed E-state index contributed by atoms with van der Waals surface area (Å²) in [5, 5.41) is 1.30. The lowest BCUT2D eigenvalue weighted by Gasteiger charge is -2.11. The Morgan fingerprint density at radius 2 is 2.00 bits per heavy atom. The van der Waals surface area contributed by atoms with Gasteiger partial charge in [0.1, 0.15) is 0 Å². The molecule has 3 aromatic rings. The highest BCUT2D eigenvalue weighted by Crippen LogP contribution is 2.33. The number of fused-ring (bicyclic) bond motifs is 1. The van der Waals surface area contributed by atoms with E-state index in [1.54, 1.807) is 0 Å². The number of amides is 1. The molecule has 0 aliphatic rings. The molecule has 24 heavy (non-hydrogen) atoms. The van der Waals surface area contributed by atoms with Crippen LogP contribution in [0.2, 0.25) is 5.02 Å². The maximum atomic E-state index is 11.7. The first kappa shape index (κ1) is 16.8. The molecule has 0 spiro atoms. The topological polar surface area (TPSA) is 70.9 Å². The van der Waals surface area contributed by atoms with Crippen LogP contribution < -0.4 is 11.3 Å². The van der Waals surface area contributed by atoms with E-state index in [1.165, 1.54) is 0 Å². The van der Waals surface area contributed by atoms with Gasteiger partial charge in [-0.05, 0) is 47.9 Å². The van der Waals surface area contributed by atoms with Gasteiger partial charge < -0.3 is 4.98 Å². The van der Waals surface area contributed by atoms with Crippen LogP contribution in [0.15, 0.2) is 42.5 Å². The van der Waals surface area contributed by atoms with Crippen molar-refractivity contribution in [3.8, 4) is 0 Å². The van der Waals surface area contributed by atoms with Crippen LogP contribution in [-0.2, 0) is 11.2 Å². The fraction of sp³-hybridized carbons (Fsp3) is 0.167. The molecule has 1 atom stereocenters. The molecule has 0 saturated carbocycles. The summed E-state index contributed by atoms with van der Waals surface area (Å²) >= 11 is 12.7. The van der Waals surface area contributed by atoms with E-state index in [2.05, 4.69) is 10.4 Å². The normalized spacial score (nSPS) is 12.3. The number of rotatable bonds is 4. The van der Waals surface area contributed by atoms with Crippen molar-refractivity contribution in [3.63, 3.8) is 0 Å². The van der Waals surface area contributed by atoms with Crippen molar-refractivity contribution >= 4 is 40.0 Å². The van der Waals surface area contributed by atoms with Gasteiger partial charge in [-0.25, -0.2) is 5.84 Å². The Labute approximate surface area is 149 Å². The first-order chi connectivity index (χ1) is 11.5. The molecule has 0 saturated heterocycles. The molecule has 6 heteroatoms. The highest BCUT2D eigenvalue weighted by Gasteiger charge is 2.16. The van der Waals surface area contributed by atoms with Gasteiger partial charge in [0, 0.05) is 21.6 Å². The Balaban J connectivity index is 2.04. The van der Waals surface area contributed by atoms with Gasteiger partial charge >= 0.3 is 0 Å². The van der Waals surface area contributed by atoms with E-state index in [1.807, 2.05) is 49.4 Å². The molecule has 0 bridgehead atoms. The van der Waals surface area contributed by atoms with E-state index in [0.717, 1.165) is 33.3 Å². The standard InChI is InChI=1S/C18H17Cl2N3O/c1-10-14(9-17(24)23-21)15-8-12(5-6-16(15)22-10)18(20)11-3-2-4-13(19)7-11/h2-8,18,22H,9,21H2,1H3,(H,23,24). The fourth-order valence-electron chi connectivity index (χ4n) is 2.85. The van der Waals surface area contributed by atoms with Crippen molar-refractivity contribution in [1.29, 1.82) is 0 Å². The average molecular weight is 362 g/mol. The van der Waals surface area contributed by atoms with Crippen molar-refractivity contribution in [2.45, 2.75) is 18.7 Å². The molecule has 4 N–H and O–H groups in total. The Bertz CT molecular complexity index is 904. The van der Waals surface area contributed by atoms with Gasteiger partial charge in [0.05, 0.1) is 11.8 Å². The largest absolute Gasteiger partial charge is 0.358 e. The first-order valence-corrected chi connectivity index (χ1v) is 8.31. The van der Waals surface area contributed by atoms with E-state index >= 15 is 0 Å². The number of hydrazine groups is 1. The number of hydrogen-bond acceptors (Lipinski definition) is 2. The third kappa shape index (κ3) is 3.26. The Morgan fingerprint density at radius 3 is 2.71 bits per heavy atom. The molecule has 124 valence electrons. The molecule has 4 nitrogen and oxygen atoms in total. The summed E-state index contributed by atoms with van der Waals surface area (Å²) in [5.41, 5.74) is 6.87. The van der Waals surface area contributed by atoms with Crippen molar-refractivity contribution in [2.24, 2.45) is 5.84 Å². The summed E-state index contributed by atoms with van der Waals surface area (Å²) in [6.07, 6.45) is 0.218. The Kier molecular flexibility index (Phi) is 4.81. The number of aromatic nitrogens is 1. The zero-order valence-corrected chi connectivity index (χ0v) is 14.6. The smallest absolute Gasteiger partial charge is 0.238 e. The van der Waals surface area contributed by atoms with Gasteiger partial charge in [-0.1, -0.05) is 29.8 Å². The van der Waals surface area contributed by atoms with E-state index in [-0.39, 0.29) is 17.7 Å². The quantitative estimate of drug-likeness (QED) is 0.284. The van der Waals surface area contributed by atoms with Gasteiger partial charge in [0.25, 0.3) is 0 Å². The van der Waals surface area contributed by atoms with E-state index < -0.39 is 0 Å². The second-order valence-corrected chi connectivity index (χ2v) is 6.57.